The van der Waals surface area contributed by atoms with Gasteiger partial charge < -0.3 is 5.32 Å². The molecule has 1 aromatic rings. The quantitative estimate of drug-likeness (QED) is 0.648. The Kier molecular flexibility index (Phi) is 4.23. The van der Waals surface area contributed by atoms with Gasteiger partial charge in [-0.25, -0.2) is 4.72 Å². The topological polar surface area (TPSA) is 24.1 Å². The molecule has 5 heteroatoms. The number of halogens is 2. The molecule has 1 aliphatic heterocycles. The normalized spacial score (nSPS) is 24.4. The first-order chi connectivity index (χ1) is 8.74. The molecule has 1 aromatic carbocycles. The van der Waals surface area contributed by atoms with E-state index < -0.39 is 0 Å². The van der Waals surface area contributed by atoms with Crippen LogP contribution >= 0.6 is 43.8 Å². The lowest BCUT2D eigenvalue weighted by Gasteiger charge is -2.35. The molecule has 0 aromatic heterocycles. The highest BCUT2D eigenvalue weighted by atomic mass is 79.9. The second-order valence-electron chi connectivity index (χ2n) is 5.00. The molecule has 0 amide bonds. The molecule has 1 atom stereocenters. The Morgan fingerprint density at radius 2 is 1.89 bits per heavy atom. The van der Waals surface area contributed by atoms with Crippen molar-refractivity contribution in [1.82, 2.24) is 4.72 Å². The van der Waals surface area contributed by atoms with Crippen LogP contribution in [0, 0.1) is 5.92 Å². The van der Waals surface area contributed by atoms with E-state index in [9.17, 15) is 0 Å². The van der Waals surface area contributed by atoms with Gasteiger partial charge in [-0.15, -0.1) is 0 Å². The molecular weight excluding hydrogens is 376 g/mol. The van der Waals surface area contributed by atoms with E-state index in [0.717, 1.165) is 14.9 Å². The van der Waals surface area contributed by atoms with E-state index >= 15 is 0 Å². The highest BCUT2D eigenvalue weighted by Gasteiger charge is 2.28. The van der Waals surface area contributed by atoms with E-state index in [1.165, 1.54) is 42.7 Å². The average Bonchev–Trinajstić information content (AvgIpc) is 2.39. The molecule has 2 aliphatic rings. The maximum atomic E-state index is 3.66. The summed E-state index contributed by atoms with van der Waals surface area (Å²) in [6, 6.07) is 4.26. The second kappa shape index (κ2) is 5.73. The fourth-order valence-corrected chi connectivity index (χ4v) is 5.35. The smallest absolute Gasteiger partial charge is 0.0891 e. The van der Waals surface area contributed by atoms with Crippen LogP contribution in [0.2, 0.25) is 0 Å². The summed E-state index contributed by atoms with van der Waals surface area (Å²) in [5.74, 6) is 0.759. The fourth-order valence-electron chi connectivity index (χ4n) is 2.76. The highest BCUT2D eigenvalue weighted by molar-refractivity contribution is 9.11. The van der Waals surface area contributed by atoms with Crippen LogP contribution in [0.25, 0.3) is 0 Å². The van der Waals surface area contributed by atoms with E-state index in [2.05, 4.69) is 54.0 Å². The third kappa shape index (κ3) is 2.74. The maximum absolute atomic E-state index is 3.66. The Bertz CT molecular complexity index is 447. The average molecular weight is 392 g/mol. The highest BCUT2D eigenvalue weighted by Crippen LogP contribution is 2.41. The summed E-state index contributed by atoms with van der Waals surface area (Å²) in [6.07, 6.45) is 7.25. The minimum absolute atomic E-state index is 0.403. The molecule has 1 fully saturated rings. The number of hydrogen-bond acceptors (Lipinski definition) is 3. The van der Waals surface area contributed by atoms with Crippen LogP contribution < -0.4 is 10.0 Å². The van der Waals surface area contributed by atoms with Gasteiger partial charge in [0.05, 0.1) is 11.9 Å². The number of anilines is 1. The molecule has 1 heterocycles. The molecule has 1 saturated carbocycles. The van der Waals surface area contributed by atoms with E-state index in [1.807, 2.05) is 0 Å². The van der Waals surface area contributed by atoms with Crippen LogP contribution in [0.3, 0.4) is 0 Å². The van der Waals surface area contributed by atoms with Crippen molar-refractivity contribution < 1.29 is 0 Å². The minimum Gasteiger partial charge on any atom is -0.367 e. The minimum atomic E-state index is 0.403. The third-order valence-corrected chi connectivity index (χ3v) is 5.73. The molecule has 2 N–H and O–H groups in total. The van der Waals surface area contributed by atoms with Gasteiger partial charge in [-0.2, -0.15) is 0 Å². The molecule has 0 saturated heterocycles. The third-order valence-electron chi connectivity index (χ3n) is 3.74. The van der Waals surface area contributed by atoms with Crippen molar-refractivity contribution in [1.29, 1.82) is 0 Å². The summed E-state index contributed by atoms with van der Waals surface area (Å²) in [5.41, 5.74) is 1.23. The van der Waals surface area contributed by atoms with E-state index in [0.29, 0.717) is 6.17 Å². The van der Waals surface area contributed by atoms with Gasteiger partial charge in [0.15, 0.2) is 0 Å². The molecule has 1 unspecified atom stereocenters. The van der Waals surface area contributed by atoms with Gasteiger partial charge >= 0.3 is 0 Å². The zero-order valence-electron chi connectivity index (χ0n) is 10.0. The molecule has 98 valence electrons. The zero-order chi connectivity index (χ0) is 12.5. The summed E-state index contributed by atoms with van der Waals surface area (Å²) >= 11 is 8.93. The standard InChI is InChI=1S/C13H16Br2N2S/c14-9-6-10(15)12-11(7-9)18-17-13(16-12)8-4-2-1-3-5-8/h6-8,13,16-17H,1-5H2. The van der Waals surface area contributed by atoms with Gasteiger partial charge in [0, 0.05) is 13.8 Å². The number of benzene rings is 1. The summed E-state index contributed by atoms with van der Waals surface area (Å²) in [5, 5.41) is 3.66. The van der Waals surface area contributed by atoms with Gasteiger partial charge in [-0.05, 0) is 58.8 Å². The predicted molar refractivity (Wildman–Crippen MR) is 84.8 cm³/mol. The largest absolute Gasteiger partial charge is 0.367 e. The SMILES string of the molecule is Brc1cc(Br)c2c(c1)SNC(C1CCCCC1)N2. The number of nitrogens with one attached hydrogen (secondary N) is 2. The molecule has 0 radical (unpaired) electrons. The van der Waals surface area contributed by atoms with E-state index in [4.69, 9.17) is 0 Å². The van der Waals surface area contributed by atoms with Crippen molar-refractivity contribution in [3.8, 4) is 0 Å². The van der Waals surface area contributed by atoms with Crippen molar-refractivity contribution in [2.75, 3.05) is 5.32 Å². The van der Waals surface area contributed by atoms with Crippen molar-refractivity contribution in [2.45, 2.75) is 43.2 Å². The number of fused-ring (bicyclic) bond motifs is 1. The Labute approximate surface area is 129 Å². The van der Waals surface area contributed by atoms with Crippen molar-refractivity contribution in [2.24, 2.45) is 5.92 Å². The fraction of sp³-hybridized carbons (Fsp3) is 0.538. The Morgan fingerprint density at radius 1 is 1.11 bits per heavy atom. The lowest BCUT2D eigenvalue weighted by atomic mass is 9.87. The van der Waals surface area contributed by atoms with Crippen molar-refractivity contribution in [3.63, 3.8) is 0 Å². The van der Waals surface area contributed by atoms with Crippen LogP contribution in [0.5, 0.6) is 0 Å². The van der Waals surface area contributed by atoms with Crippen LogP contribution in [0.1, 0.15) is 32.1 Å². The van der Waals surface area contributed by atoms with E-state index in [1.54, 1.807) is 11.9 Å². The maximum Gasteiger partial charge on any atom is 0.0891 e. The predicted octanol–water partition coefficient (Wildman–Crippen LogP) is 5.14. The number of hydrogen-bond donors (Lipinski definition) is 2. The zero-order valence-corrected chi connectivity index (χ0v) is 14.0. The monoisotopic (exact) mass is 390 g/mol. The molecule has 2 nitrogen and oxygen atoms in total. The molecule has 3 rings (SSSR count). The molecule has 18 heavy (non-hydrogen) atoms. The molecule has 0 bridgehead atoms. The first kappa shape index (κ1) is 13.3. The van der Waals surface area contributed by atoms with Crippen molar-refractivity contribution in [3.05, 3.63) is 21.1 Å². The van der Waals surface area contributed by atoms with Crippen LogP contribution in [-0.4, -0.2) is 6.17 Å². The first-order valence-electron chi connectivity index (χ1n) is 6.42. The van der Waals surface area contributed by atoms with Gasteiger partial charge in [-0.3, -0.25) is 0 Å². The molecule has 0 spiro atoms. The Hall–Kier alpha value is 0.290. The van der Waals surface area contributed by atoms with Gasteiger partial charge in [0.1, 0.15) is 0 Å². The Morgan fingerprint density at radius 3 is 2.67 bits per heavy atom. The van der Waals surface area contributed by atoms with Gasteiger partial charge in [0.2, 0.25) is 0 Å². The van der Waals surface area contributed by atoms with Crippen LogP contribution in [0.15, 0.2) is 26.0 Å². The summed E-state index contributed by atoms with van der Waals surface area (Å²) in [4.78, 5) is 1.25. The summed E-state index contributed by atoms with van der Waals surface area (Å²) in [6.45, 7) is 0. The molecular formula is C13H16Br2N2S. The molecule has 1 aliphatic carbocycles. The summed E-state index contributed by atoms with van der Waals surface area (Å²) < 4.78 is 5.82. The number of rotatable bonds is 1. The Balaban J connectivity index is 1.80. The summed E-state index contributed by atoms with van der Waals surface area (Å²) in [7, 11) is 0. The van der Waals surface area contributed by atoms with Crippen LogP contribution in [-0.2, 0) is 0 Å². The second-order valence-corrected chi connectivity index (χ2v) is 7.65. The lowest BCUT2D eigenvalue weighted by Crippen LogP contribution is -2.42. The van der Waals surface area contributed by atoms with Crippen LogP contribution in [0.4, 0.5) is 5.69 Å². The van der Waals surface area contributed by atoms with Gasteiger partial charge in [-0.1, -0.05) is 35.2 Å². The van der Waals surface area contributed by atoms with Gasteiger partial charge in [0.25, 0.3) is 0 Å². The van der Waals surface area contributed by atoms with Crippen molar-refractivity contribution >= 4 is 49.5 Å². The first-order valence-corrected chi connectivity index (χ1v) is 8.82. The van der Waals surface area contributed by atoms with E-state index in [-0.39, 0.29) is 0 Å². The lowest BCUT2D eigenvalue weighted by molar-refractivity contribution is 0.310.